The van der Waals surface area contributed by atoms with Crippen molar-refractivity contribution in [3.8, 4) is 0 Å². The highest BCUT2D eigenvalue weighted by atomic mass is 16.5. The second-order valence-electron chi connectivity index (χ2n) is 3.35. The van der Waals surface area contributed by atoms with E-state index in [-0.39, 0.29) is 12.2 Å². The maximum absolute atomic E-state index is 11.3. The number of Topliss-reactive ketones (excluding diaryl/α,β-unsaturated/α-hetero) is 1. The monoisotopic (exact) mass is 197 g/mol. The number of anilines is 1. The summed E-state index contributed by atoms with van der Waals surface area (Å²) >= 11 is 0. The van der Waals surface area contributed by atoms with Gasteiger partial charge in [-0.05, 0) is 11.6 Å². The summed E-state index contributed by atoms with van der Waals surface area (Å²) in [6, 6.07) is 0. The molecule has 0 atom stereocenters. The van der Waals surface area contributed by atoms with Crippen LogP contribution in [0, 0.1) is 0 Å². The van der Waals surface area contributed by atoms with Crippen LogP contribution in [0.3, 0.4) is 0 Å². The predicted octanol–water partition coefficient (Wildman–Crippen LogP) is 1.05. The smallest absolute Gasteiger partial charge is 0.265 e. The molecule has 0 bridgehead atoms. The standard InChI is InChI=1S/C9H15N3O2/c1-4-5-7(13)6-8-10-9(11-14-8)12(2)3/h4-6H2,1-3H3. The van der Waals surface area contributed by atoms with Gasteiger partial charge in [0.1, 0.15) is 5.78 Å². The van der Waals surface area contributed by atoms with E-state index >= 15 is 0 Å². The molecule has 14 heavy (non-hydrogen) atoms. The fraction of sp³-hybridized carbons (Fsp3) is 0.667. The van der Waals surface area contributed by atoms with Crippen LogP contribution in [-0.2, 0) is 11.2 Å². The number of hydrogen-bond acceptors (Lipinski definition) is 5. The predicted molar refractivity (Wildman–Crippen MR) is 52.2 cm³/mol. The summed E-state index contributed by atoms with van der Waals surface area (Å²) in [7, 11) is 3.64. The van der Waals surface area contributed by atoms with Gasteiger partial charge in [0.2, 0.25) is 5.89 Å². The van der Waals surface area contributed by atoms with E-state index in [4.69, 9.17) is 4.52 Å². The quantitative estimate of drug-likeness (QED) is 0.706. The van der Waals surface area contributed by atoms with Gasteiger partial charge in [-0.25, -0.2) is 0 Å². The molecule has 0 unspecified atom stereocenters. The molecule has 1 heterocycles. The molecule has 1 rings (SSSR count). The first-order valence-corrected chi connectivity index (χ1v) is 4.65. The van der Waals surface area contributed by atoms with Crippen molar-refractivity contribution in [1.29, 1.82) is 0 Å². The van der Waals surface area contributed by atoms with Gasteiger partial charge >= 0.3 is 0 Å². The molecule has 0 saturated heterocycles. The Morgan fingerprint density at radius 3 is 2.71 bits per heavy atom. The van der Waals surface area contributed by atoms with Crippen LogP contribution < -0.4 is 4.90 Å². The largest absolute Gasteiger partial charge is 0.344 e. The zero-order valence-electron chi connectivity index (χ0n) is 8.78. The summed E-state index contributed by atoms with van der Waals surface area (Å²) in [5.41, 5.74) is 0. The number of aromatic nitrogens is 2. The lowest BCUT2D eigenvalue weighted by molar-refractivity contribution is -0.118. The number of ketones is 1. The maximum atomic E-state index is 11.3. The number of carbonyl (C=O) groups is 1. The lowest BCUT2D eigenvalue weighted by atomic mass is 10.2. The summed E-state index contributed by atoms with van der Waals surface area (Å²) in [4.78, 5) is 17.0. The third kappa shape index (κ3) is 2.83. The van der Waals surface area contributed by atoms with Crippen LogP contribution in [0.15, 0.2) is 4.52 Å². The molecule has 0 aromatic carbocycles. The first-order valence-electron chi connectivity index (χ1n) is 4.65. The Balaban J connectivity index is 2.55. The van der Waals surface area contributed by atoms with Crippen LogP contribution in [-0.4, -0.2) is 30.0 Å². The van der Waals surface area contributed by atoms with Crippen LogP contribution in [0.5, 0.6) is 0 Å². The van der Waals surface area contributed by atoms with Crippen molar-refractivity contribution in [1.82, 2.24) is 10.1 Å². The van der Waals surface area contributed by atoms with Gasteiger partial charge < -0.3 is 9.42 Å². The Morgan fingerprint density at radius 1 is 1.50 bits per heavy atom. The Morgan fingerprint density at radius 2 is 2.21 bits per heavy atom. The van der Waals surface area contributed by atoms with Gasteiger partial charge in [-0.1, -0.05) is 6.92 Å². The summed E-state index contributed by atoms with van der Waals surface area (Å²) in [5, 5.41) is 3.72. The van der Waals surface area contributed by atoms with E-state index in [0.29, 0.717) is 18.3 Å². The number of hydrogen-bond donors (Lipinski definition) is 0. The second-order valence-corrected chi connectivity index (χ2v) is 3.35. The van der Waals surface area contributed by atoms with E-state index in [2.05, 4.69) is 10.1 Å². The molecule has 1 aromatic rings. The minimum absolute atomic E-state index is 0.140. The zero-order chi connectivity index (χ0) is 10.6. The average molecular weight is 197 g/mol. The summed E-state index contributed by atoms with van der Waals surface area (Å²) < 4.78 is 4.92. The van der Waals surface area contributed by atoms with Gasteiger partial charge in [0.25, 0.3) is 5.95 Å². The van der Waals surface area contributed by atoms with Gasteiger partial charge in [0, 0.05) is 20.5 Å². The van der Waals surface area contributed by atoms with E-state index in [9.17, 15) is 4.79 Å². The first kappa shape index (κ1) is 10.7. The van der Waals surface area contributed by atoms with Crippen molar-refractivity contribution in [2.24, 2.45) is 0 Å². The molecule has 0 radical (unpaired) electrons. The summed E-state index contributed by atoms with van der Waals surface area (Å²) in [5.74, 6) is 1.04. The summed E-state index contributed by atoms with van der Waals surface area (Å²) in [6.07, 6.45) is 1.67. The molecule has 78 valence electrons. The Bertz CT molecular complexity index is 307. The molecule has 0 spiro atoms. The average Bonchev–Trinajstić information content (AvgIpc) is 2.53. The third-order valence-electron chi connectivity index (χ3n) is 1.73. The van der Waals surface area contributed by atoms with Gasteiger partial charge in [0.15, 0.2) is 0 Å². The van der Waals surface area contributed by atoms with Crippen molar-refractivity contribution in [3.63, 3.8) is 0 Å². The van der Waals surface area contributed by atoms with E-state index in [0.717, 1.165) is 6.42 Å². The lowest BCUT2D eigenvalue weighted by Crippen LogP contribution is -2.10. The number of carbonyl (C=O) groups excluding carboxylic acids is 1. The SMILES string of the molecule is CCCC(=O)Cc1nc(N(C)C)no1. The highest BCUT2D eigenvalue weighted by Crippen LogP contribution is 2.07. The molecule has 1 aromatic heterocycles. The van der Waals surface area contributed by atoms with Crippen molar-refractivity contribution < 1.29 is 9.32 Å². The minimum Gasteiger partial charge on any atom is -0.344 e. The topological polar surface area (TPSA) is 59.2 Å². The van der Waals surface area contributed by atoms with E-state index in [1.807, 2.05) is 21.0 Å². The van der Waals surface area contributed by atoms with Crippen LogP contribution in [0.4, 0.5) is 5.95 Å². The Kier molecular flexibility index (Phi) is 3.62. The maximum Gasteiger partial charge on any atom is 0.265 e. The fourth-order valence-electron chi connectivity index (χ4n) is 1.04. The highest BCUT2D eigenvalue weighted by molar-refractivity contribution is 5.79. The van der Waals surface area contributed by atoms with Crippen LogP contribution >= 0.6 is 0 Å². The van der Waals surface area contributed by atoms with Crippen molar-refractivity contribution in [3.05, 3.63) is 5.89 Å². The molecule has 0 amide bonds. The van der Waals surface area contributed by atoms with Gasteiger partial charge in [-0.15, -0.1) is 0 Å². The molecule has 0 aliphatic carbocycles. The molecule has 5 nitrogen and oxygen atoms in total. The molecule has 5 heteroatoms. The highest BCUT2D eigenvalue weighted by Gasteiger charge is 2.11. The van der Waals surface area contributed by atoms with E-state index in [1.165, 1.54) is 0 Å². The fourth-order valence-corrected chi connectivity index (χ4v) is 1.04. The van der Waals surface area contributed by atoms with Crippen molar-refractivity contribution in [2.75, 3.05) is 19.0 Å². The first-order chi connectivity index (χ1) is 6.63. The van der Waals surface area contributed by atoms with Crippen LogP contribution in [0.2, 0.25) is 0 Å². The summed E-state index contributed by atoms with van der Waals surface area (Å²) in [6.45, 7) is 1.97. The Hall–Kier alpha value is -1.39. The third-order valence-corrected chi connectivity index (χ3v) is 1.73. The van der Waals surface area contributed by atoms with E-state index in [1.54, 1.807) is 4.90 Å². The molecule has 0 saturated carbocycles. The normalized spacial score (nSPS) is 10.2. The molecular formula is C9H15N3O2. The molecular weight excluding hydrogens is 182 g/mol. The second kappa shape index (κ2) is 4.74. The molecule has 0 aliphatic rings. The van der Waals surface area contributed by atoms with Crippen LogP contribution in [0.1, 0.15) is 25.7 Å². The zero-order valence-corrected chi connectivity index (χ0v) is 8.78. The minimum atomic E-state index is 0.140. The number of rotatable bonds is 5. The molecule has 0 N–H and O–H groups in total. The van der Waals surface area contributed by atoms with Gasteiger partial charge in [-0.2, -0.15) is 4.98 Å². The Labute approximate surface area is 83.1 Å². The molecule has 0 fully saturated rings. The van der Waals surface area contributed by atoms with Gasteiger partial charge in [-0.3, -0.25) is 4.79 Å². The van der Waals surface area contributed by atoms with E-state index < -0.39 is 0 Å². The van der Waals surface area contributed by atoms with Crippen molar-refractivity contribution >= 4 is 11.7 Å². The lowest BCUT2D eigenvalue weighted by Gasteiger charge is -2.02. The van der Waals surface area contributed by atoms with Crippen molar-refractivity contribution in [2.45, 2.75) is 26.2 Å². The van der Waals surface area contributed by atoms with Crippen LogP contribution in [0.25, 0.3) is 0 Å². The molecule has 0 aliphatic heterocycles. The number of nitrogens with zero attached hydrogens (tertiary/aromatic N) is 3. The van der Waals surface area contributed by atoms with Gasteiger partial charge in [0.05, 0.1) is 6.42 Å².